The topological polar surface area (TPSA) is 21.3 Å². The Balaban J connectivity index is 1.98. The molecule has 0 heterocycles. The van der Waals surface area contributed by atoms with Crippen LogP contribution in [0.25, 0.3) is 0 Å². The van der Waals surface area contributed by atoms with Gasteiger partial charge in [-0.2, -0.15) is 0 Å². The van der Waals surface area contributed by atoms with E-state index in [1.54, 1.807) is 0 Å². The molecule has 1 unspecified atom stereocenters. The van der Waals surface area contributed by atoms with Crippen molar-refractivity contribution in [2.75, 3.05) is 13.7 Å². The standard InChI is InChI=1S/C19H25NO/c1-14-7-5-9-17(13-14)21-12-11-19(20-4)18-10-6-8-15(2)16(18)3/h5-10,13,19-20H,11-12H2,1-4H3. The van der Waals surface area contributed by atoms with Gasteiger partial charge in [-0.3, -0.25) is 0 Å². The van der Waals surface area contributed by atoms with E-state index < -0.39 is 0 Å². The Hall–Kier alpha value is -1.80. The Morgan fingerprint density at radius 3 is 2.52 bits per heavy atom. The third-order valence-electron chi connectivity index (χ3n) is 4.04. The molecule has 0 saturated heterocycles. The lowest BCUT2D eigenvalue weighted by molar-refractivity contribution is 0.290. The molecule has 0 aliphatic rings. The van der Waals surface area contributed by atoms with Crippen LogP contribution < -0.4 is 10.1 Å². The average Bonchev–Trinajstić information content (AvgIpc) is 2.47. The van der Waals surface area contributed by atoms with E-state index in [4.69, 9.17) is 4.74 Å². The highest BCUT2D eigenvalue weighted by Gasteiger charge is 2.12. The molecule has 112 valence electrons. The van der Waals surface area contributed by atoms with Crippen molar-refractivity contribution in [2.24, 2.45) is 0 Å². The number of hydrogen-bond acceptors (Lipinski definition) is 2. The zero-order valence-electron chi connectivity index (χ0n) is 13.4. The van der Waals surface area contributed by atoms with Gasteiger partial charge in [0.2, 0.25) is 0 Å². The van der Waals surface area contributed by atoms with Gasteiger partial charge in [-0.25, -0.2) is 0 Å². The van der Waals surface area contributed by atoms with E-state index in [0.717, 1.165) is 12.2 Å². The van der Waals surface area contributed by atoms with Crippen LogP contribution in [-0.2, 0) is 0 Å². The second-order valence-electron chi connectivity index (χ2n) is 5.58. The van der Waals surface area contributed by atoms with Crippen LogP contribution in [0.1, 0.15) is 34.7 Å². The van der Waals surface area contributed by atoms with Crippen molar-refractivity contribution in [1.29, 1.82) is 0 Å². The third kappa shape index (κ3) is 4.08. The molecule has 0 spiro atoms. The van der Waals surface area contributed by atoms with Crippen molar-refractivity contribution in [2.45, 2.75) is 33.2 Å². The maximum absolute atomic E-state index is 5.87. The first-order chi connectivity index (χ1) is 10.1. The molecule has 2 aromatic rings. The Labute approximate surface area is 128 Å². The second kappa shape index (κ2) is 7.28. The predicted octanol–water partition coefficient (Wildman–Crippen LogP) is 4.34. The predicted molar refractivity (Wildman–Crippen MR) is 89.0 cm³/mol. The maximum Gasteiger partial charge on any atom is 0.119 e. The summed E-state index contributed by atoms with van der Waals surface area (Å²) in [5.74, 6) is 0.950. The van der Waals surface area contributed by atoms with Gasteiger partial charge in [0.25, 0.3) is 0 Å². The summed E-state index contributed by atoms with van der Waals surface area (Å²) in [5.41, 5.74) is 5.30. The van der Waals surface area contributed by atoms with Gasteiger partial charge in [-0.05, 0) is 62.2 Å². The van der Waals surface area contributed by atoms with Crippen molar-refractivity contribution >= 4 is 0 Å². The largest absolute Gasteiger partial charge is 0.494 e. The van der Waals surface area contributed by atoms with E-state index in [2.05, 4.69) is 56.4 Å². The lowest BCUT2D eigenvalue weighted by Crippen LogP contribution is -2.20. The molecule has 0 amide bonds. The fraction of sp³-hybridized carbons (Fsp3) is 0.368. The van der Waals surface area contributed by atoms with E-state index in [1.807, 2.05) is 19.2 Å². The van der Waals surface area contributed by atoms with Crippen molar-refractivity contribution in [1.82, 2.24) is 5.32 Å². The first-order valence-corrected chi connectivity index (χ1v) is 7.54. The van der Waals surface area contributed by atoms with Gasteiger partial charge < -0.3 is 10.1 Å². The van der Waals surface area contributed by atoms with Gasteiger partial charge in [0.05, 0.1) is 6.61 Å². The summed E-state index contributed by atoms with van der Waals surface area (Å²) in [6, 6.07) is 15.0. The quantitative estimate of drug-likeness (QED) is 0.851. The highest BCUT2D eigenvalue weighted by Crippen LogP contribution is 2.23. The Morgan fingerprint density at radius 2 is 1.81 bits per heavy atom. The molecule has 2 nitrogen and oxygen atoms in total. The minimum absolute atomic E-state index is 0.328. The normalized spacial score (nSPS) is 12.2. The molecule has 0 aliphatic heterocycles. The molecule has 21 heavy (non-hydrogen) atoms. The lowest BCUT2D eigenvalue weighted by Gasteiger charge is -2.20. The molecule has 0 aromatic heterocycles. The summed E-state index contributed by atoms with van der Waals surface area (Å²) in [4.78, 5) is 0. The van der Waals surface area contributed by atoms with E-state index in [1.165, 1.54) is 22.3 Å². The first-order valence-electron chi connectivity index (χ1n) is 7.54. The molecule has 0 fully saturated rings. The minimum atomic E-state index is 0.328. The highest BCUT2D eigenvalue weighted by atomic mass is 16.5. The number of ether oxygens (including phenoxy) is 1. The van der Waals surface area contributed by atoms with Crippen molar-refractivity contribution < 1.29 is 4.74 Å². The lowest BCUT2D eigenvalue weighted by atomic mass is 9.96. The second-order valence-corrected chi connectivity index (χ2v) is 5.58. The Bertz CT molecular complexity index is 592. The molecule has 0 saturated carbocycles. The van der Waals surface area contributed by atoms with Crippen molar-refractivity contribution in [3.63, 3.8) is 0 Å². The van der Waals surface area contributed by atoms with Crippen LogP contribution in [0, 0.1) is 20.8 Å². The fourth-order valence-electron chi connectivity index (χ4n) is 2.61. The van der Waals surface area contributed by atoms with Gasteiger partial charge in [-0.15, -0.1) is 0 Å². The average molecular weight is 283 g/mol. The van der Waals surface area contributed by atoms with Crippen LogP contribution in [0.4, 0.5) is 0 Å². The van der Waals surface area contributed by atoms with Gasteiger partial charge in [0, 0.05) is 12.5 Å². The van der Waals surface area contributed by atoms with Gasteiger partial charge in [-0.1, -0.05) is 30.3 Å². The number of benzene rings is 2. The van der Waals surface area contributed by atoms with E-state index in [9.17, 15) is 0 Å². The molecular weight excluding hydrogens is 258 g/mol. The zero-order chi connectivity index (χ0) is 15.2. The van der Waals surface area contributed by atoms with Gasteiger partial charge in [0.1, 0.15) is 5.75 Å². The van der Waals surface area contributed by atoms with Crippen LogP contribution in [0.15, 0.2) is 42.5 Å². The highest BCUT2D eigenvalue weighted by molar-refractivity contribution is 5.35. The zero-order valence-corrected chi connectivity index (χ0v) is 13.4. The Morgan fingerprint density at radius 1 is 1.05 bits per heavy atom. The molecule has 2 rings (SSSR count). The fourth-order valence-corrected chi connectivity index (χ4v) is 2.61. The number of hydrogen-bond donors (Lipinski definition) is 1. The molecule has 0 radical (unpaired) electrons. The number of aryl methyl sites for hydroxylation is 2. The van der Waals surface area contributed by atoms with Crippen LogP contribution in [0.3, 0.4) is 0 Å². The smallest absolute Gasteiger partial charge is 0.119 e. The Kier molecular flexibility index (Phi) is 5.40. The third-order valence-corrected chi connectivity index (χ3v) is 4.04. The molecule has 2 aromatic carbocycles. The van der Waals surface area contributed by atoms with Crippen LogP contribution >= 0.6 is 0 Å². The molecule has 1 N–H and O–H groups in total. The molecule has 1 atom stereocenters. The van der Waals surface area contributed by atoms with Crippen LogP contribution in [-0.4, -0.2) is 13.7 Å². The molecule has 0 aliphatic carbocycles. The monoisotopic (exact) mass is 283 g/mol. The van der Waals surface area contributed by atoms with Crippen molar-refractivity contribution in [3.05, 3.63) is 64.7 Å². The summed E-state index contributed by atoms with van der Waals surface area (Å²) in [6.07, 6.45) is 0.953. The molecule has 0 bridgehead atoms. The summed E-state index contributed by atoms with van der Waals surface area (Å²) >= 11 is 0. The number of nitrogens with one attached hydrogen (secondary N) is 1. The van der Waals surface area contributed by atoms with E-state index >= 15 is 0 Å². The van der Waals surface area contributed by atoms with Crippen molar-refractivity contribution in [3.8, 4) is 5.75 Å². The SMILES string of the molecule is CNC(CCOc1cccc(C)c1)c1cccc(C)c1C. The van der Waals surface area contributed by atoms with E-state index in [-0.39, 0.29) is 0 Å². The number of rotatable bonds is 6. The molecular formula is C19H25NO. The van der Waals surface area contributed by atoms with Gasteiger partial charge in [0.15, 0.2) is 0 Å². The van der Waals surface area contributed by atoms with Crippen LogP contribution in [0.2, 0.25) is 0 Å². The van der Waals surface area contributed by atoms with Gasteiger partial charge >= 0.3 is 0 Å². The summed E-state index contributed by atoms with van der Waals surface area (Å²) in [6.45, 7) is 7.15. The maximum atomic E-state index is 5.87. The first kappa shape index (κ1) is 15.6. The summed E-state index contributed by atoms with van der Waals surface area (Å²) in [5, 5.41) is 3.40. The van der Waals surface area contributed by atoms with E-state index in [0.29, 0.717) is 12.6 Å². The minimum Gasteiger partial charge on any atom is -0.494 e. The van der Waals surface area contributed by atoms with Crippen LogP contribution in [0.5, 0.6) is 5.75 Å². The summed E-state index contributed by atoms with van der Waals surface area (Å²) < 4.78 is 5.87. The summed E-state index contributed by atoms with van der Waals surface area (Å²) in [7, 11) is 2.01. The molecule has 2 heteroatoms.